The van der Waals surface area contributed by atoms with E-state index < -0.39 is 10.9 Å². The van der Waals surface area contributed by atoms with E-state index in [9.17, 15) is 19.7 Å². The topological polar surface area (TPSA) is 89.8 Å². The van der Waals surface area contributed by atoms with E-state index in [1.54, 1.807) is 12.1 Å². The fraction of sp³-hybridized carbons (Fsp3) is 0.222. The lowest BCUT2D eigenvalue weighted by molar-refractivity contribution is -0.384. The number of amides is 1. The summed E-state index contributed by atoms with van der Waals surface area (Å²) in [5.74, 6) is -0.805. The predicted molar refractivity (Wildman–Crippen MR) is 99.2 cm³/mol. The molecule has 0 spiro atoms. The second-order valence-electron chi connectivity index (χ2n) is 5.17. The molecule has 1 amide bonds. The van der Waals surface area contributed by atoms with Gasteiger partial charge in [-0.1, -0.05) is 18.2 Å². The maximum atomic E-state index is 12.2. The molecule has 0 bridgehead atoms. The largest absolute Gasteiger partial charge is 0.455 e. The number of nitro benzene ring substituents is 1. The minimum absolute atomic E-state index is 0.0110. The van der Waals surface area contributed by atoms with E-state index in [-0.39, 0.29) is 24.0 Å². The number of likely N-dealkylation sites (N-methyl/N-ethyl adjacent to an activating group) is 1. The highest BCUT2D eigenvalue weighted by Crippen LogP contribution is 2.21. The number of nitrogens with zero attached hydrogens (tertiary/aromatic N) is 2. The Labute approximate surface area is 155 Å². The highest BCUT2D eigenvalue weighted by molar-refractivity contribution is 8.00. The molecule has 2 rings (SSSR count). The first-order valence-electron chi connectivity index (χ1n) is 7.89. The summed E-state index contributed by atoms with van der Waals surface area (Å²) in [5, 5.41) is 10.6. The molecular weight excluding hydrogens is 356 g/mol. The molecule has 8 heteroatoms. The third-order valence-corrected chi connectivity index (χ3v) is 4.43. The van der Waals surface area contributed by atoms with Gasteiger partial charge in [-0.05, 0) is 31.2 Å². The molecule has 2 aromatic carbocycles. The third-order valence-electron chi connectivity index (χ3n) is 3.45. The Balaban J connectivity index is 1.80. The SMILES string of the molecule is CCN(C(=O)COC(=O)CSc1ccc([N+](=O)[O-])cc1)c1ccccc1. The van der Waals surface area contributed by atoms with E-state index in [0.717, 1.165) is 5.69 Å². The molecular formula is C18H18N2O5S. The molecule has 2 aromatic rings. The van der Waals surface area contributed by atoms with E-state index in [4.69, 9.17) is 4.74 Å². The first kappa shape index (κ1) is 19.5. The summed E-state index contributed by atoms with van der Waals surface area (Å²) in [7, 11) is 0. The average molecular weight is 374 g/mol. The average Bonchev–Trinajstić information content (AvgIpc) is 2.66. The van der Waals surface area contributed by atoms with Gasteiger partial charge in [0.2, 0.25) is 0 Å². The summed E-state index contributed by atoms with van der Waals surface area (Å²) in [6.07, 6.45) is 0. The zero-order chi connectivity index (χ0) is 18.9. The van der Waals surface area contributed by atoms with Crippen molar-refractivity contribution in [2.24, 2.45) is 0 Å². The highest BCUT2D eigenvalue weighted by atomic mass is 32.2. The summed E-state index contributed by atoms with van der Waals surface area (Å²) < 4.78 is 5.03. The van der Waals surface area contributed by atoms with Crippen LogP contribution in [0.15, 0.2) is 59.5 Å². The Kier molecular flexibility index (Phi) is 7.16. The third kappa shape index (κ3) is 5.59. The minimum Gasteiger partial charge on any atom is -0.455 e. The smallest absolute Gasteiger partial charge is 0.316 e. The number of non-ortho nitro benzene ring substituents is 1. The molecule has 0 heterocycles. The number of carbonyl (C=O) groups excluding carboxylic acids is 2. The first-order valence-corrected chi connectivity index (χ1v) is 8.88. The van der Waals surface area contributed by atoms with Crippen LogP contribution in [0.1, 0.15) is 6.92 Å². The van der Waals surface area contributed by atoms with E-state index in [1.807, 2.05) is 37.3 Å². The maximum absolute atomic E-state index is 12.2. The van der Waals surface area contributed by atoms with Gasteiger partial charge in [0, 0.05) is 29.3 Å². The van der Waals surface area contributed by atoms with E-state index in [0.29, 0.717) is 11.4 Å². The van der Waals surface area contributed by atoms with Gasteiger partial charge in [-0.3, -0.25) is 19.7 Å². The van der Waals surface area contributed by atoms with Crippen LogP contribution in [0.25, 0.3) is 0 Å². The van der Waals surface area contributed by atoms with Crippen molar-refractivity contribution in [1.29, 1.82) is 0 Å². The summed E-state index contributed by atoms with van der Waals surface area (Å²) in [6.45, 7) is 1.98. The molecule has 26 heavy (non-hydrogen) atoms. The lowest BCUT2D eigenvalue weighted by atomic mass is 10.3. The lowest BCUT2D eigenvalue weighted by Crippen LogP contribution is -2.34. The molecule has 0 atom stereocenters. The Bertz CT molecular complexity index is 765. The standard InChI is InChI=1S/C18H18N2O5S/c1-2-19(14-6-4-3-5-7-14)17(21)12-25-18(22)13-26-16-10-8-15(9-11-16)20(23)24/h3-11H,2,12-13H2,1H3. The Morgan fingerprint density at radius 3 is 2.35 bits per heavy atom. The van der Waals surface area contributed by atoms with Gasteiger partial charge in [-0.2, -0.15) is 0 Å². The number of para-hydroxylation sites is 1. The number of hydrogen-bond donors (Lipinski definition) is 0. The number of hydrogen-bond acceptors (Lipinski definition) is 6. The van der Waals surface area contributed by atoms with Gasteiger partial charge in [0.25, 0.3) is 11.6 Å². The second-order valence-corrected chi connectivity index (χ2v) is 6.22. The number of nitro groups is 1. The van der Waals surface area contributed by atoms with Gasteiger partial charge < -0.3 is 9.64 Å². The number of ether oxygens (including phenoxy) is 1. The van der Waals surface area contributed by atoms with E-state index in [2.05, 4.69) is 0 Å². The molecule has 0 saturated heterocycles. The summed E-state index contributed by atoms with van der Waals surface area (Å²) in [5.41, 5.74) is 0.736. The van der Waals surface area contributed by atoms with Crippen LogP contribution >= 0.6 is 11.8 Å². The Morgan fingerprint density at radius 1 is 1.12 bits per heavy atom. The Morgan fingerprint density at radius 2 is 1.77 bits per heavy atom. The van der Waals surface area contributed by atoms with Crippen LogP contribution in [0.4, 0.5) is 11.4 Å². The predicted octanol–water partition coefficient (Wildman–Crippen LogP) is 3.28. The first-order chi connectivity index (χ1) is 12.5. The van der Waals surface area contributed by atoms with Gasteiger partial charge in [-0.15, -0.1) is 11.8 Å². The molecule has 0 saturated carbocycles. The van der Waals surface area contributed by atoms with Crippen molar-refractivity contribution < 1.29 is 19.2 Å². The van der Waals surface area contributed by atoms with E-state index in [1.165, 1.54) is 28.8 Å². The molecule has 0 aliphatic rings. The normalized spacial score (nSPS) is 10.2. The molecule has 0 aliphatic heterocycles. The van der Waals surface area contributed by atoms with Gasteiger partial charge in [0.05, 0.1) is 10.7 Å². The van der Waals surface area contributed by atoms with Gasteiger partial charge in [0.15, 0.2) is 6.61 Å². The summed E-state index contributed by atoms with van der Waals surface area (Å²) in [6, 6.07) is 15.0. The van der Waals surface area contributed by atoms with Crippen LogP contribution in [0.5, 0.6) is 0 Å². The van der Waals surface area contributed by atoms with E-state index >= 15 is 0 Å². The maximum Gasteiger partial charge on any atom is 0.316 e. The monoisotopic (exact) mass is 374 g/mol. The van der Waals surface area contributed by atoms with Crippen LogP contribution in [0.3, 0.4) is 0 Å². The van der Waals surface area contributed by atoms with Crippen molar-refractivity contribution in [3.63, 3.8) is 0 Å². The zero-order valence-corrected chi connectivity index (χ0v) is 15.0. The molecule has 0 unspecified atom stereocenters. The number of rotatable bonds is 8. The molecule has 0 N–H and O–H groups in total. The molecule has 0 fully saturated rings. The van der Waals surface area contributed by atoms with Gasteiger partial charge >= 0.3 is 5.97 Å². The molecule has 136 valence electrons. The number of anilines is 1. The van der Waals surface area contributed by atoms with Crippen molar-refractivity contribution in [2.45, 2.75) is 11.8 Å². The number of benzene rings is 2. The number of thioether (sulfide) groups is 1. The second kappa shape index (κ2) is 9.57. The fourth-order valence-electron chi connectivity index (χ4n) is 2.18. The quantitative estimate of drug-likeness (QED) is 0.305. The number of carbonyl (C=O) groups is 2. The van der Waals surface area contributed by atoms with Crippen molar-refractivity contribution in [1.82, 2.24) is 0 Å². The molecule has 0 aromatic heterocycles. The van der Waals surface area contributed by atoms with Crippen LogP contribution in [-0.4, -0.2) is 35.7 Å². The van der Waals surface area contributed by atoms with Crippen LogP contribution in [0, 0.1) is 10.1 Å². The molecule has 0 radical (unpaired) electrons. The summed E-state index contributed by atoms with van der Waals surface area (Å²) >= 11 is 1.19. The Hall–Kier alpha value is -2.87. The van der Waals surface area contributed by atoms with Gasteiger partial charge in [-0.25, -0.2) is 0 Å². The minimum atomic E-state index is -0.522. The van der Waals surface area contributed by atoms with Crippen LogP contribution < -0.4 is 4.90 Å². The number of esters is 1. The highest BCUT2D eigenvalue weighted by Gasteiger charge is 2.16. The van der Waals surface area contributed by atoms with Crippen LogP contribution in [0.2, 0.25) is 0 Å². The fourth-order valence-corrected chi connectivity index (χ4v) is 2.88. The zero-order valence-electron chi connectivity index (χ0n) is 14.2. The van der Waals surface area contributed by atoms with Crippen molar-refractivity contribution in [2.75, 3.05) is 23.8 Å². The van der Waals surface area contributed by atoms with Crippen molar-refractivity contribution >= 4 is 35.0 Å². The lowest BCUT2D eigenvalue weighted by Gasteiger charge is -2.20. The molecule has 7 nitrogen and oxygen atoms in total. The summed E-state index contributed by atoms with van der Waals surface area (Å²) in [4.78, 5) is 36.4. The van der Waals surface area contributed by atoms with Crippen LogP contribution in [-0.2, 0) is 14.3 Å². The van der Waals surface area contributed by atoms with Crippen molar-refractivity contribution in [3.05, 3.63) is 64.7 Å². The molecule has 0 aliphatic carbocycles. The van der Waals surface area contributed by atoms with Crippen molar-refractivity contribution in [3.8, 4) is 0 Å². The van der Waals surface area contributed by atoms with Gasteiger partial charge in [0.1, 0.15) is 0 Å².